The second kappa shape index (κ2) is 9.24. The molecule has 1 atom stereocenters. The van der Waals surface area contributed by atoms with Crippen molar-refractivity contribution < 1.29 is 14.3 Å². The van der Waals surface area contributed by atoms with Crippen LogP contribution in [0.5, 0.6) is 11.5 Å². The molecule has 0 spiro atoms. The lowest BCUT2D eigenvalue weighted by Gasteiger charge is -2.25. The van der Waals surface area contributed by atoms with Gasteiger partial charge in [-0.2, -0.15) is 0 Å². The number of fused-ring (bicyclic) bond motifs is 1. The van der Waals surface area contributed by atoms with Gasteiger partial charge in [-0.3, -0.25) is 4.79 Å². The number of hydrogen-bond acceptors (Lipinski definition) is 8. The first-order chi connectivity index (χ1) is 16.1. The Bertz CT molecular complexity index is 1300. The summed E-state index contributed by atoms with van der Waals surface area (Å²) >= 11 is 2.92. The predicted molar refractivity (Wildman–Crippen MR) is 128 cm³/mol. The van der Waals surface area contributed by atoms with Gasteiger partial charge >= 0.3 is 0 Å². The minimum atomic E-state index is -0.363. The van der Waals surface area contributed by atoms with Gasteiger partial charge in [-0.05, 0) is 31.2 Å². The van der Waals surface area contributed by atoms with Gasteiger partial charge in [0, 0.05) is 23.7 Å². The van der Waals surface area contributed by atoms with Gasteiger partial charge in [-0.15, -0.1) is 21.5 Å². The molecule has 8 nitrogen and oxygen atoms in total. The number of nitrogens with zero attached hydrogens (tertiary/aromatic N) is 4. The quantitative estimate of drug-likeness (QED) is 0.408. The summed E-state index contributed by atoms with van der Waals surface area (Å²) in [4.78, 5) is 17.1. The number of rotatable bonds is 6. The molecule has 0 radical (unpaired) electrons. The molecule has 4 aromatic rings. The van der Waals surface area contributed by atoms with Crippen LogP contribution in [0, 0.1) is 6.92 Å². The summed E-state index contributed by atoms with van der Waals surface area (Å²) < 4.78 is 13.6. The van der Waals surface area contributed by atoms with Crippen LogP contribution in [0.1, 0.15) is 16.9 Å². The molecule has 1 amide bonds. The number of aryl methyl sites for hydroxylation is 1. The van der Waals surface area contributed by atoms with E-state index in [1.54, 1.807) is 11.3 Å². The highest BCUT2D eigenvalue weighted by Gasteiger charge is 2.27. The first-order valence-electron chi connectivity index (χ1n) is 10.3. The monoisotopic (exact) mass is 479 g/mol. The summed E-state index contributed by atoms with van der Waals surface area (Å²) in [7, 11) is 1.86. The van der Waals surface area contributed by atoms with E-state index in [0.717, 1.165) is 27.7 Å². The third-order valence-corrected chi connectivity index (χ3v) is 6.85. The second-order valence-corrected chi connectivity index (χ2v) is 9.44. The summed E-state index contributed by atoms with van der Waals surface area (Å²) in [5, 5.41) is 15.1. The fourth-order valence-corrected chi connectivity index (χ4v) is 4.80. The predicted octanol–water partition coefficient (Wildman–Crippen LogP) is 4.49. The molecule has 5 rings (SSSR count). The third-order valence-electron chi connectivity index (χ3n) is 5.06. The molecule has 1 aliphatic rings. The number of hydrogen-bond donors (Lipinski definition) is 1. The average molecular weight is 480 g/mol. The number of amides is 1. The largest absolute Gasteiger partial charge is 0.485 e. The molecular formula is C23H21N5O3S2. The molecule has 168 valence electrons. The molecule has 0 aliphatic carbocycles. The summed E-state index contributed by atoms with van der Waals surface area (Å²) in [6, 6.07) is 15.2. The maximum Gasteiger partial charge on any atom is 0.234 e. The van der Waals surface area contributed by atoms with E-state index >= 15 is 0 Å². The van der Waals surface area contributed by atoms with E-state index in [0.29, 0.717) is 23.3 Å². The van der Waals surface area contributed by atoms with Crippen LogP contribution in [-0.4, -0.2) is 38.0 Å². The minimum Gasteiger partial charge on any atom is -0.485 e. The lowest BCUT2D eigenvalue weighted by Crippen LogP contribution is -2.24. The number of carbonyl (C=O) groups excluding carboxylic acids is 1. The van der Waals surface area contributed by atoms with Crippen molar-refractivity contribution in [2.45, 2.75) is 18.2 Å². The number of aromatic nitrogens is 4. The summed E-state index contributed by atoms with van der Waals surface area (Å²) in [6.45, 7) is 2.32. The molecule has 33 heavy (non-hydrogen) atoms. The minimum absolute atomic E-state index is 0.123. The molecule has 10 heteroatoms. The molecule has 3 heterocycles. The SMILES string of the molecule is Cc1nc(-c2cccc(NC(=O)CSc3nnc([C@@H]4COc5ccccc5O4)n3C)c2)cs1. The number of anilines is 1. The molecule has 0 unspecified atom stereocenters. The molecule has 0 saturated carbocycles. The lowest BCUT2D eigenvalue weighted by molar-refractivity contribution is -0.113. The number of carbonyl (C=O) groups is 1. The van der Waals surface area contributed by atoms with Crippen molar-refractivity contribution in [1.82, 2.24) is 19.7 Å². The molecule has 2 aromatic heterocycles. The van der Waals surface area contributed by atoms with Crippen LogP contribution in [0.15, 0.2) is 59.1 Å². The van der Waals surface area contributed by atoms with Gasteiger partial charge in [0.05, 0.1) is 16.5 Å². The Kier molecular flexibility index (Phi) is 6.01. The van der Waals surface area contributed by atoms with Crippen LogP contribution in [0.4, 0.5) is 5.69 Å². The van der Waals surface area contributed by atoms with Crippen LogP contribution in [0.25, 0.3) is 11.3 Å². The van der Waals surface area contributed by atoms with Crippen molar-refractivity contribution in [2.75, 3.05) is 17.7 Å². The Labute approximate surface area is 199 Å². The van der Waals surface area contributed by atoms with Crippen molar-refractivity contribution in [3.63, 3.8) is 0 Å². The molecular weight excluding hydrogens is 458 g/mol. The van der Waals surface area contributed by atoms with Crippen molar-refractivity contribution in [1.29, 1.82) is 0 Å². The van der Waals surface area contributed by atoms with Crippen LogP contribution in [-0.2, 0) is 11.8 Å². The Hall–Kier alpha value is -3.37. The Morgan fingerprint density at radius 3 is 2.88 bits per heavy atom. The first-order valence-corrected chi connectivity index (χ1v) is 12.2. The zero-order valence-electron chi connectivity index (χ0n) is 18.0. The fraction of sp³-hybridized carbons (Fsp3) is 0.217. The summed E-state index contributed by atoms with van der Waals surface area (Å²) in [5.74, 6) is 2.13. The molecule has 0 bridgehead atoms. The molecule has 0 saturated heterocycles. The Morgan fingerprint density at radius 2 is 2.06 bits per heavy atom. The van der Waals surface area contributed by atoms with E-state index in [9.17, 15) is 4.79 Å². The van der Waals surface area contributed by atoms with Gasteiger partial charge in [0.2, 0.25) is 5.91 Å². The highest BCUT2D eigenvalue weighted by molar-refractivity contribution is 7.99. The molecule has 1 aliphatic heterocycles. The lowest BCUT2D eigenvalue weighted by atomic mass is 10.1. The van der Waals surface area contributed by atoms with E-state index in [-0.39, 0.29) is 17.8 Å². The van der Waals surface area contributed by atoms with Gasteiger partial charge < -0.3 is 19.4 Å². The number of benzene rings is 2. The standard InChI is InChI=1S/C23H21N5O3S2/c1-14-24-17(12-32-14)15-6-5-7-16(10-15)25-21(29)13-33-23-27-26-22(28(23)2)20-11-30-18-8-3-4-9-19(18)31-20/h3-10,12,20H,11,13H2,1-2H3,(H,25,29)/t20-/m0/s1. The van der Waals surface area contributed by atoms with Gasteiger partial charge in [0.25, 0.3) is 0 Å². The molecule has 2 aromatic carbocycles. The maximum atomic E-state index is 12.5. The number of nitrogens with one attached hydrogen (secondary N) is 1. The van der Waals surface area contributed by atoms with Crippen molar-refractivity contribution in [2.24, 2.45) is 7.05 Å². The highest BCUT2D eigenvalue weighted by Crippen LogP contribution is 2.35. The summed E-state index contributed by atoms with van der Waals surface area (Å²) in [5.41, 5.74) is 2.61. The van der Waals surface area contributed by atoms with E-state index in [2.05, 4.69) is 20.5 Å². The third kappa shape index (κ3) is 4.71. The number of ether oxygens (including phenoxy) is 2. The molecule has 0 fully saturated rings. The van der Waals surface area contributed by atoms with Crippen LogP contribution in [0.3, 0.4) is 0 Å². The van der Waals surface area contributed by atoms with Crippen LogP contribution >= 0.6 is 23.1 Å². The Morgan fingerprint density at radius 1 is 1.21 bits per heavy atom. The fourth-order valence-electron chi connectivity index (χ4n) is 3.46. The first kappa shape index (κ1) is 21.5. The zero-order chi connectivity index (χ0) is 22.8. The van der Waals surface area contributed by atoms with Crippen LogP contribution < -0.4 is 14.8 Å². The zero-order valence-corrected chi connectivity index (χ0v) is 19.7. The van der Waals surface area contributed by atoms with E-state index < -0.39 is 0 Å². The highest BCUT2D eigenvalue weighted by atomic mass is 32.2. The average Bonchev–Trinajstić information content (AvgIpc) is 3.43. The normalized spacial score (nSPS) is 14.8. The van der Waals surface area contributed by atoms with E-state index in [1.807, 2.05) is 72.4 Å². The van der Waals surface area contributed by atoms with E-state index in [4.69, 9.17) is 9.47 Å². The maximum absolute atomic E-state index is 12.5. The van der Waals surface area contributed by atoms with Gasteiger partial charge in [0.1, 0.15) is 6.61 Å². The van der Waals surface area contributed by atoms with Crippen molar-refractivity contribution in [3.05, 3.63) is 64.7 Å². The number of thiazole rings is 1. The Balaban J connectivity index is 1.20. The van der Waals surface area contributed by atoms with Gasteiger partial charge in [-0.1, -0.05) is 36.0 Å². The molecule has 1 N–H and O–H groups in total. The van der Waals surface area contributed by atoms with Crippen molar-refractivity contribution >= 4 is 34.7 Å². The topological polar surface area (TPSA) is 91.2 Å². The van der Waals surface area contributed by atoms with Gasteiger partial charge in [0.15, 0.2) is 28.6 Å². The second-order valence-electron chi connectivity index (χ2n) is 7.43. The van der Waals surface area contributed by atoms with E-state index in [1.165, 1.54) is 11.8 Å². The number of para-hydroxylation sites is 2. The number of thioether (sulfide) groups is 1. The smallest absolute Gasteiger partial charge is 0.234 e. The van der Waals surface area contributed by atoms with Gasteiger partial charge in [-0.25, -0.2) is 4.98 Å². The van der Waals surface area contributed by atoms with Crippen LogP contribution in [0.2, 0.25) is 0 Å². The summed E-state index contributed by atoms with van der Waals surface area (Å²) in [6.07, 6.45) is -0.363. The van der Waals surface area contributed by atoms with Crippen molar-refractivity contribution in [3.8, 4) is 22.8 Å².